The van der Waals surface area contributed by atoms with Gasteiger partial charge in [0.2, 0.25) is 5.95 Å². The van der Waals surface area contributed by atoms with Crippen LogP contribution in [0, 0.1) is 13.8 Å². The first-order chi connectivity index (χ1) is 12.2. The van der Waals surface area contributed by atoms with Gasteiger partial charge in [-0.05, 0) is 44.9 Å². The highest BCUT2D eigenvalue weighted by Gasteiger charge is 2.28. The molecular formula is C18H19N5O2. The van der Waals surface area contributed by atoms with Crippen molar-refractivity contribution in [2.45, 2.75) is 39.2 Å². The molecule has 0 aliphatic heterocycles. The van der Waals surface area contributed by atoms with Crippen molar-refractivity contribution in [2.24, 2.45) is 0 Å². The number of hydrogen-bond donors (Lipinski definition) is 1. The van der Waals surface area contributed by atoms with Gasteiger partial charge in [0.05, 0.1) is 0 Å². The number of aromatic nitrogens is 4. The van der Waals surface area contributed by atoms with Crippen LogP contribution in [0.4, 0.5) is 11.6 Å². The second-order valence-electron chi connectivity index (χ2n) is 6.24. The van der Waals surface area contributed by atoms with Crippen LogP contribution in [0.3, 0.4) is 0 Å². The van der Waals surface area contributed by atoms with E-state index in [1.165, 1.54) is 0 Å². The van der Waals surface area contributed by atoms with Crippen LogP contribution in [0.1, 0.15) is 41.9 Å². The summed E-state index contributed by atoms with van der Waals surface area (Å²) in [6.07, 6.45) is 2.29. The minimum atomic E-state index is 0.253. The third-order valence-corrected chi connectivity index (χ3v) is 3.86. The van der Waals surface area contributed by atoms with Crippen molar-refractivity contribution in [3.63, 3.8) is 0 Å². The van der Waals surface area contributed by atoms with Crippen molar-refractivity contribution in [3.8, 4) is 5.75 Å². The fourth-order valence-corrected chi connectivity index (χ4v) is 2.55. The summed E-state index contributed by atoms with van der Waals surface area (Å²) < 4.78 is 11.0. The third-order valence-electron chi connectivity index (χ3n) is 3.86. The Morgan fingerprint density at radius 2 is 1.92 bits per heavy atom. The number of benzene rings is 1. The average molecular weight is 337 g/mol. The average Bonchev–Trinajstić information content (AvgIpc) is 3.31. The van der Waals surface area contributed by atoms with E-state index < -0.39 is 0 Å². The Morgan fingerprint density at radius 3 is 2.68 bits per heavy atom. The Kier molecular flexibility index (Phi) is 4.05. The number of ether oxygens (including phenoxy) is 1. The summed E-state index contributed by atoms with van der Waals surface area (Å²) in [6.45, 7) is 4.14. The molecule has 1 aliphatic carbocycles. The molecule has 7 heteroatoms. The lowest BCUT2D eigenvalue weighted by molar-refractivity contribution is 0.242. The molecule has 0 bridgehead atoms. The molecule has 0 amide bonds. The van der Waals surface area contributed by atoms with E-state index in [2.05, 4.69) is 25.4 Å². The summed E-state index contributed by atoms with van der Waals surface area (Å²) in [7, 11) is 0. The van der Waals surface area contributed by atoms with Crippen molar-refractivity contribution in [1.29, 1.82) is 0 Å². The quantitative estimate of drug-likeness (QED) is 0.734. The second-order valence-corrected chi connectivity index (χ2v) is 6.24. The lowest BCUT2D eigenvalue weighted by atomic mass is 10.3. The fraction of sp³-hybridized carbons (Fsp3) is 0.333. The van der Waals surface area contributed by atoms with Crippen LogP contribution in [0.2, 0.25) is 0 Å². The Bertz CT molecular complexity index is 868. The van der Waals surface area contributed by atoms with Crippen LogP contribution in [0.25, 0.3) is 0 Å². The van der Waals surface area contributed by atoms with Gasteiger partial charge in [0, 0.05) is 29.1 Å². The smallest absolute Gasteiger partial charge is 0.264 e. The van der Waals surface area contributed by atoms with Gasteiger partial charge in [-0.1, -0.05) is 11.2 Å². The van der Waals surface area contributed by atoms with Crippen LogP contribution in [-0.4, -0.2) is 20.1 Å². The molecule has 1 N–H and O–H groups in total. The minimum absolute atomic E-state index is 0.253. The lowest BCUT2D eigenvalue weighted by Gasteiger charge is -2.09. The van der Waals surface area contributed by atoms with Crippen LogP contribution in [-0.2, 0) is 6.61 Å². The molecule has 4 rings (SSSR count). The van der Waals surface area contributed by atoms with E-state index >= 15 is 0 Å². The van der Waals surface area contributed by atoms with Crippen molar-refractivity contribution in [1.82, 2.24) is 20.1 Å². The molecule has 3 aromatic rings. The molecule has 0 unspecified atom stereocenters. The highest BCUT2D eigenvalue weighted by Crippen LogP contribution is 2.38. The van der Waals surface area contributed by atoms with Gasteiger partial charge in [0.25, 0.3) is 5.89 Å². The van der Waals surface area contributed by atoms with Crippen LogP contribution >= 0.6 is 0 Å². The number of nitrogens with zero attached hydrogens (tertiary/aromatic N) is 4. The van der Waals surface area contributed by atoms with Gasteiger partial charge in [-0.2, -0.15) is 4.98 Å². The van der Waals surface area contributed by atoms with Gasteiger partial charge in [0.15, 0.2) is 12.4 Å². The summed E-state index contributed by atoms with van der Waals surface area (Å²) in [5.74, 6) is 3.04. The van der Waals surface area contributed by atoms with Gasteiger partial charge in [-0.25, -0.2) is 9.97 Å². The Hall–Kier alpha value is -2.96. The molecule has 2 aromatic heterocycles. The van der Waals surface area contributed by atoms with E-state index in [4.69, 9.17) is 9.26 Å². The molecule has 1 aromatic carbocycles. The van der Waals surface area contributed by atoms with E-state index in [-0.39, 0.29) is 6.61 Å². The number of aryl methyl sites for hydroxylation is 2. The second kappa shape index (κ2) is 6.51. The summed E-state index contributed by atoms with van der Waals surface area (Å²) in [4.78, 5) is 13.1. The monoisotopic (exact) mass is 337 g/mol. The van der Waals surface area contributed by atoms with E-state index in [0.29, 0.717) is 23.5 Å². The molecule has 0 spiro atoms. The van der Waals surface area contributed by atoms with E-state index in [1.807, 2.05) is 44.2 Å². The molecule has 0 saturated heterocycles. The van der Waals surface area contributed by atoms with Gasteiger partial charge in [0.1, 0.15) is 5.75 Å². The van der Waals surface area contributed by atoms with E-state index in [1.54, 1.807) is 0 Å². The molecule has 0 atom stereocenters. The molecule has 1 saturated carbocycles. The van der Waals surface area contributed by atoms with Gasteiger partial charge < -0.3 is 14.6 Å². The first kappa shape index (κ1) is 15.6. The zero-order chi connectivity index (χ0) is 17.2. The minimum Gasteiger partial charge on any atom is -0.484 e. The van der Waals surface area contributed by atoms with Crippen molar-refractivity contribution >= 4 is 11.6 Å². The van der Waals surface area contributed by atoms with E-state index in [0.717, 1.165) is 35.7 Å². The van der Waals surface area contributed by atoms with Crippen LogP contribution < -0.4 is 10.1 Å². The summed E-state index contributed by atoms with van der Waals surface area (Å²) in [5.41, 5.74) is 2.70. The number of rotatable bonds is 6. The van der Waals surface area contributed by atoms with Gasteiger partial charge in [-0.3, -0.25) is 0 Å². The zero-order valence-corrected chi connectivity index (χ0v) is 14.2. The van der Waals surface area contributed by atoms with Gasteiger partial charge >= 0.3 is 0 Å². The SMILES string of the molecule is Cc1cc(C)nc(Nc2cccc(OCc3nc(C4CC4)no3)c2)n1. The maximum Gasteiger partial charge on any atom is 0.264 e. The third kappa shape index (κ3) is 3.93. The first-order valence-electron chi connectivity index (χ1n) is 8.30. The standard InChI is InChI=1S/C18H19N5O2/c1-11-8-12(2)20-18(19-11)21-14-4-3-5-15(9-14)24-10-16-22-17(23-25-16)13-6-7-13/h3-5,8-9,13H,6-7,10H2,1-2H3,(H,19,20,21). The fourth-order valence-electron chi connectivity index (χ4n) is 2.55. The molecular weight excluding hydrogens is 318 g/mol. The van der Waals surface area contributed by atoms with Gasteiger partial charge in [-0.15, -0.1) is 0 Å². The summed E-state index contributed by atoms with van der Waals surface area (Å²) in [6, 6.07) is 9.55. The van der Waals surface area contributed by atoms with Crippen molar-refractivity contribution < 1.29 is 9.26 Å². The molecule has 1 fully saturated rings. The number of nitrogens with one attached hydrogen (secondary N) is 1. The maximum absolute atomic E-state index is 5.75. The number of anilines is 2. The highest BCUT2D eigenvalue weighted by atomic mass is 16.5. The maximum atomic E-state index is 5.75. The predicted molar refractivity (Wildman–Crippen MR) is 91.8 cm³/mol. The predicted octanol–water partition coefficient (Wildman–Crippen LogP) is 3.68. The molecule has 25 heavy (non-hydrogen) atoms. The van der Waals surface area contributed by atoms with Crippen LogP contribution in [0.5, 0.6) is 5.75 Å². The molecule has 7 nitrogen and oxygen atoms in total. The largest absolute Gasteiger partial charge is 0.484 e. The van der Waals surface area contributed by atoms with Crippen molar-refractivity contribution in [2.75, 3.05) is 5.32 Å². The lowest BCUT2D eigenvalue weighted by Crippen LogP contribution is -2.01. The van der Waals surface area contributed by atoms with Crippen LogP contribution in [0.15, 0.2) is 34.9 Å². The molecule has 0 radical (unpaired) electrons. The Morgan fingerprint density at radius 1 is 1.12 bits per heavy atom. The molecule has 128 valence electrons. The Balaban J connectivity index is 1.41. The number of hydrogen-bond acceptors (Lipinski definition) is 7. The molecule has 2 heterocycles. The zero-order valence-electron chi connectivity index (χ0n) is 14.2. The Labute approximate surface area is 145 Å². The van der Waals surface area contributed by atoms with Crippen molar-refractivity contribution in [3.05, 3.63) is 53.4 Å². The normalized spacial score (nSPS) is 13.7. The summed E-state index contributed by atoms with van der Waals surface area (Å²) in [5, 5.41) is 7.18. The highest BCUT2D eigenvalue weighted by molar-refractivity contribution is 5.56. The first-order valence-corrected chi connectivity index (χ1v) is 8.30. The molecule has 1 aliphatic rings. The van der Waals surface area contributed by atoms with E-state index in [9.17, 15) is 0 Å². The summed E-state index contributed by atoms with van der Waals surface area (Å²) >= 11 is 0. The topological polar surface area (TPSA) is 86.0 Å².